The van der Waals surface area contributed by atoms with Gasteiger partial charge in [0.2, 0.25) is 5.82 Å². The fourth-order valence-electron chi connectivity index (χ4n) is 10.2. The van der Waals surface area contributed by atoms with Crippen molar-refractivity contribution in [1.82, 2.24) is 24.6 Å². The number of likely N-dealkylation sites (tertiary alicyclic amines) is 1. The number of pyridine rings is 2. The lowest BCUT2D eigenvalue weighted by Crippen LogP contribution is -2.66. The van der Waals surface area contributed by atoms with Gasteiger partial charge >= 0.3 is 5.69 Å². The normalized spacial score (nSPS) is 22.7. The lowest BCUT2D eigenvalue weighted by molar-refractivity contribution is -0.384. The van der Waals surface area contributed by atoms with E-state index in [1.165, 1.54) is 30.2 Å². The number of nitro groups is 1. The third-order valence-corrected chi connectivity index (χ3v) is 14.9. The Hall–Kier alpha value is -5.58. The number of sulfonamides is 1. The molecule has 0 unspecified atom stereocenters. The van der Waals surface area contributed by atoms with Crippen LogP contribution in [0.1, 0.15) is 106 Å². The summed E-state index contributed by atoms with van der Waals surface area (Å²) >= 11 is 0. The van der Waals surface area contributed by atoms with Crippen LogP contribution in [0.3, 0.4) is 0 Å². The highest BCUT2D eigenvalue weighted by Gasteiger charge is 2.55. The van der Waals surface area contributed by atoms with E-state index in [4.69, 9.17) is 4.74 Å². The van der Waals surface area contributed by atoms with Crippen LogP contribution in [0.5, 0.6) is 11.5 Å². The number of benzene rings is 2. The zero-order valence-electron chi connectivity index (χ0n) is 35.3. The van der Waals surface area contributed by atoms with Gasteiger partial charge in [0.25, 0.3) is 15.9 Å². The largest absolute Gasteiger partial charge is 0.455 e. The van der Waals surface area contributed by atoms with Crippen LogP contribution < -0.4 is 19.7 Å². The van der Waals surface area contributed by atoms with Gasteiger partial charge in [-0.3, -0.25) is 19.8 Å². The van der Waals surface area contributed by atoms with Crippen LogP contribution >= 0.6 is 0 Å². The van der Waals surface area contributed by atoms with Crippen LogP contribution in [0.4, 0.5) is 17.2 Å². The van der Waals surface area contributed by atoms with E-state index in [-0.39, 0.29) is 28.5 Å². The lowest BCUT2D eigenvalue weighted by atomic mass is 9.60. The molecule has 2 aromatic carbocycles. The van der Waals surface area contributed by atoms with Gasteiger partial charge in [0.15, 0.2) is 0 Å². The molecule has 0 radical (unpaired) electrons. The third-order valence-electron chi connectivity index (χ3n) is 13.6. The zero-order valence-corrected chi connectivity index (χ0v) is 36.2. The predicted octanol–water partition coefficient (Wildman–Crippen LogP) is 8.06. The molecule has 3 aromatic heterocycles. The van der Waals surface area contributed by atoms with Crippen LogP contribution in [-0.2, 0) is 10.0 Å². The maximum absolute atomic E-state index is 13.9. The Morgan fingerprint density at radius 3 is 2.58 bits per heavy atom. The van der Waals surface area contributed by atoms with Crippen LogP contribution in [0, 0.1) is 21.4 Å². The van der Waals surface area contributed by atoms with Crippen LogP contribution in [-0.4, -0.2) is 82.0 Å². The van der Waals surface area contributed by atoms with Crippen molar-refractivity contribution in [3.05, 3.63) is 106 Å². The Balaban J connectivity index is 0.903. The zero-order chi connectivity index (χ0) is 43.4. The van der Waals surface area contributed by atoms with Gasteiger partial charge in [0.1, 0.15) is 22.0 Å². The van der Waals surface area contributed by atoms with Gasteiger partial charge in [0.05, 0.1) is 28.5 Å². The van der Waals surface area contributed by atoms with Crippen molar-refractivity contribution in [1.29, 1.82) is 0 Å². The Morgan fingerprint density at radius 1 is 1.05 bits per heavy atom. The summed E-state index contributed by atoms with van der Waals surface area (Å²) in [6.45, 7) is 9.56. The average molecular weight is 863 g/mol. The van der Waals surface area contributed by atoms with Gasteiger partial charge in [-0.15, -0.1) is 0 Å². The topological polar surface area (TPSA) is 196 Å². The molecule has 5 aromatic rings. The molecule has 0 bridgehead atoms. The quantitative estimate of drug-likeness (QED) is 0.0658. The number of ether oxygens (including phenoxy) is 1. The minimum absolute atomic E-state index is 0.0422. The Bertz CT molecular complexity index is 2610. The molecule has 16 heteroatoms. The van der Waals surface area contributed by atoms with Crippen LogP contribution in [0.25, 0.3) is 11.0 Å². The first-order valence-electron chi connectivity index (χ1n) is 21.7. The number of rotatable bonds is 13. The smallest absolute Gasteiger partial charge is 0.312 e. The molecule has 5 heterocycles. The summed E-state index contributed by atoms with van der Waals surface area (Å²) in [5.74, 6) is 0.0905. The molecule has 1 spiro atoms. The molecular formula is C46H54N8O7S. The first-order valence-corrected chi connectivity index (χ1v) is 23.2. The molecule has 9 rings (SSSR count). The predicted molar refractivity (Wildman–Crippen MR) is 236 cm³/mol. The summed E-state index contributed by atoms with van der Waals surface area (Å²) in [6.07, 6.45) is 11.6. The lowest BCUT2D eigenvalue weighted by Gasteiger charge is -2.62. The molecule has 326 valence electrons. The maximum Gasteiger partial charge on any atom is 0.312 e. The first-order chi connectivity index (χ1) is 29.7. The fraction of sp³-hybridized carbons (Fsp3) is 0.457. The van der Waals surface area contributed by atoms with E-state index in [1.807, 2.05) is 6.07 Å². The Labute approximate surface area is 361 Å². The SMILES string of the molecule is CC(C)c1ccccc1[C@@H]1CCCN1C1CC2(C1)CN(c1ccc(C(=O)NS(=O)(=O)c3cnc(NCC4CCC(C)(O)CC4)c([N+](=O)[O-])c3)c(Oc3cnc4[nH]ccc4c3)c1)C2. The van der Waals surface area contributed by atoms with E-state index in [9.17, 15) is 28.4 Å². The highest BCUT2D eigenvalue weighted by Crippen LogP contribution is 2.54. The van der Waals surface area contributed by atoms with E-state index >= 15 is 0 Å². The number of carbonyl (C=O) groups is 1. The average Bonchev–Trinajstić information content (AvgIpc) is 3.89. The molecule has 15 nitrogen and oxygen atoms in total. The molecule has 1 amide bonds. The minimum Gasteiger partial charge on any atom is -0.455 e. The van der Waals surface area contributed by atoms with Crippen molar-refractivity contribution in [2.75, 3.05) is 36.4 Å². The highest BCUT2D eigenvalue weighted by atomic mass is 32.2. The van der Waals surface area contributed by atoms with E-state index in [1.54, 1.807) is 37.4 Å². The van der Waals surface area contributed by atoms with Gasteiger partial charge in [-0.25, -0.2) is 23.1 Å². The fourth-order valence-corrected chi connectivity index (χ4v) is 11.1. The third kappa shape index (κ3) is 8.34. The first kappa shape index (κ1) is 41.8. The summed E-state index contributed by atoms with van der Waals surface area (Å²) in [5.41, 5.74) is 3.33. The van der Waals surface area contributed by atoms with Crippen molar-refractivity contribution in [3.63, 3.8) is 0 Å². The van der Waals surface area contributed by atoms with Gasteiger partial charge < -0.3 is 25.0 Å². The molecule has 1 atom stereocenters. The van der Waals surface area contributed by atoms with E-state index in [0.717, 1.165) is 68.7 Å². The number of aromatic nitrogens is 3. The van der Waals surface area contributed by atoms with Gasteiger partial charge in [-0.05, 0) is 112 Å². The Kier molecular flexibility index (Phi) is 11.0. The van der Waals surface area contributed by atoms with Gasteiger partial charge in [0, 0.05) is 66.5 Å². The van der Waals surface area contributed by atoms with E-state index < -0.39 is 37.0 Å². The summed E-state index contributed by atoms with van der Waals surface area (Å²) in [7, 11) is -4.62. The molecule has 2 aliphatic carbocycles. The van der Waals surface area contributed by atoms with Gasteiger partial charge in [-0.1, -0.05) is 38.1 Å². The van der Waals surface area contributed by atoms with Crippen molar-refractivity contribution in [3.8, 4) is 11.5 Å². The van der Waals surface area contributed by atoms with Crippen LogP contribution in [0.15, 0.2) is 84.1 Å². The number of H-pyrrole nitrogens is 1. The van der Waals surface area contributed by atoms with Crippen molar-refractivity contribution in [2.24, 2.45) is 11.3 Å². The second-order valence-corrected chi connectivity index (χ2v) is 20.2. The van der Waals surface area contributed by atoms with Crippen LogP contribution in [0.2, 0.25) is 0 Å². The summed E-state index contributed by atoms with van der Waals surface area (Å²) in [5, 5.41) is 26.2. The summed E-state index contributed by atoms with van der Waals surface area (Å²) < 4.78 is 35.7. The number of hydrogen-bond acceptors (Lipinski definition) is 12. The van der Waals surface area contributed by atoms with Crippen molar-refractivity contribution >= 4 is 44.2 Å². The molecule has 4 N–H and O–H groups in total. The molecule has 2 saturated carbocycles. The summed E-state index contributed by atoms with van der Waals surface area (Å²) in [4.78, 5) is 41.3. The van der Waals surface area contributed by atoms with Crippen molar-refractivity contribution in [2.45, 2.75) is 101 Å². The number of amides is 1. The van der Waals surface area contributed by atoms with E-state index in [0.29, 0.717) is 48.8 Å². The molecule has 2 aliphatic heterocycles. The molecule has 62 heavy (non-hydrogen) atoms. The second-order valence-electron chi connectivity index (χ2n) is 18.5. The highest BCUT2D eigenvalue weighted by molar-refractivity contribution is 7.90. The number of hydrogen-bond donors (Lipinski definition) is 4. The number of nitrogens with one attached hydrogen (secondary N) is 3. The molecular weight excluding hydrogens is 809 g/mol. The second kappa shape index (κ2) is 16.3. The number of fused-ring (bicyclic) bond motifs is 1. The number of aliphatic hydroxyl groups is 1. The summed E-state index contributed by atoms with van der Waals surface area (Å²) in [6, 6.07) is 19.5. The molecule has 2 saturated heterocycles. The minimum atomic E-state index is -4.62. The van der Waals surface area contributed by atoms with Gasteiger partial charge in [-0.2, -0.15) is 0 Å². The van der Waals surface area contributed by atoms with Crippen molar-refractivity contribution < 1.29 is 28.0 Å². The maximum atomic E-state index is 13.9. The van der Waals surface area contributed by atoms with E-state index in [2.05, 4.69) is 72.9 Å². The Morgan fingerprint density at radius 2 is 1.82 bits per heavy atom. The monoisotopic (exact) mass is 862 g/mol. The number of carbonyl (C=O) groups excluding carboxylic acids is 1. The molecule has 4 fully saturated rings. The number of nitrogens with zero attached hydrogens (tertiary/aromatic N) is 5. The molecule has 4 aliphatic rings. The number of anilines is 2. The standard InChI is InChI=1S/C46H54N8O7S/c1-29(2)36-7-4-5-8-37(36)39-9-6-18-53(39)33-22-46(23-33)27-52(28-46)32-10-11-38(41(20-32)61-34-19-31-14-17-47-42(31)49-25-34)44(55)51-62(59,60)35-21-40(54(57)58)43(50-26-35)48-24-30-12-15-45(3,56)16-13-30/h4-5,7-8,10-11,14,17,19-21,25-26,29-30,33,39,56H,6,9,12-13,15-16,18,22-24,27-28H2,1-3H3,(H,47,49)(H,48,50)(H,51,55)/t30?,39-,45?/m0/s1. The number of aromatic amines is 1.